The van der Waals surface area contributed by atoms with Gasteiger partial charge in [-0.15, -0.1) is 22.7 Å². The number of anilines is 1. The van der Waals surface area contributed by atoms with Gasteiger partial charge in [0.25, 0.3) is 5.91 Å². The van der Waals surface area contributed by atoms with E-state index in [0.29, 0.717) is 24.4 Å². The first-order valence-electron chi connectivity index (χ1n) is 9.25. The molecule has 0 saturated carbocycles. The van der Waals surface area contributed by atoms with Crippen LogP contribution in [0.5, 0.6) is 0 Å². The topological polar surface area (TPSA) is 66.5 Å². The molecular weight excluding hydrogens is 424 g/mol. The van der Waals surface area contributed by atoms with Gasteiger partial charge >= 0.3 is 0 Å². The molecule has 0 radical (unpaired) electrons. The van der Waals surface area contributed by atoms with Crippen molar-refractivity contribution in [2.24, 2.45) is 0 Å². The molecule has 1 saturated heterocycles. The number of benzene rings is 1. The van der Waals surface area contributed by atoms with Crippen molar-refractivity contribution in [2.45, 2.75) is 17.7 Å². The first kappa shape index (κ1) is 20.0. The van der Waals surface area contributed by atoms with Gasteiger partial charge in [0.05, 0.1) is 10.5 Å². The lowest BCUT2D eigenvalue weighted by Gasteiger charge is -2.16. The second kappa shape index (κ2) is 8.62. The first-order valence-corrected chi connectivity index (χ1v) is 12.4. The number of hydrogen-bond donors (Lipinski definition) is 1. The highest BCUT2D eigenvalue weighted by Gasteiger charge is 2.27. The third-order valence-corrected chi connectivity index (χ3v) is 8.27. The van der Waals surface area contributed by atoms with Crippen LogP contribution in [0, 0.1) is 0 Å². The highest BCUT2D eigenvalue weighted by atomic mass is 32.2. The van der Waals surface area contributed by atoms with Gasteiger partial charge in [-0.2, -0.15) is 4.31 Å². The van der Waals surface area contributed by atoms with Crippen LogP contribution < -0.4 is 5.32 Å². The summed E-state index contributed by atoms with van der Waals surface area (Å²) in [7, 11) is -3.53. The third-order valence-electron chi connectivity index (χ3n) is 4.66. The zero-order valence-corrected chi connectivity index (χ0v) is 18.0. The molecule has 1 aromatic carbocycles. The van der Waals surface area contributed by atoms with E-state index in [-0.39, 0.29) is 10.8 Å². The summed E-state index contributed by atoms with van der Waals surface area (Å²) in [4.78, 5) is 15.1. The van der Waals surface area contributed by atoms with E-state index in [1.807, 2.05) is 41.1 Å². The number of rotatable bonds is 6. The Morgan fingerprint density at radius 3 is 2.45 bits per heavy atom. The van der Waals surface area contributed by atoms with Crippen molar-refractivity contribution in [3.8, 4) is 0 Å². The van der Waals surface area contributed by atoms with Crippen LogP contribution in [0.2, 0.25) is 0 Å². The number of carbonyl (C=O) groups is 1. The average molecular weight is 445 g/mol. The summed E-state index contributed by atoms with van der Waals surface area (Å²) in [5.41, 5.74) is 1.01. The first-order chi connectivity index (χ1) is 14.0. The zero-order valence-electron chi connectivity index (χ0n) is 15.6. The standard InChI is InChI=1S/C21H20N2O3S3/c24-21(19(20-9-5-13-28-20)15-17-7-4-12-27-17)22-16-6-3-8-18(14-16)29(25,26)23-10-1-2-11-23/h3-9,12-15H,1-2,10-11H2,(H,22,24)/b19-15+. The maximum absolute atomic E-state index is 13.0. The molecule has 0 spiro atoms. The van der Waals surface area contributed by atoms with Crippen molar-refractivity contribution in [1.29, 1.82) is 0 Å². The predicted octanol–water partition coefficient (Wildman–Crippen LogP) is 4.77. The van der Waals surface area contributed by atoms with Crippen molar-refractivity contribution in [3.63, 3.8) is 0 Å². The van der Waals surface area contributed by atoms with E-state index in [2.05, 4.69) is 5.32 Å². The number of carbonyl (C=O) groups excluding carboxylic acids is 1. The lowest BCUT2D eigenvalue weighted by atomic mass is 10.1. The number of hydrogen-bond acceptors (Lipinski definition) is 5. The van der Waals surface area contributed by atoms with Crippen LogP contribution in [0.3, 0.4) is 0 Å². The molecule has 0 unspecified atom stereocenters. The molecule has 0 atom stereocenters. The van der Waals surface area contributed by atoms with E-state index in [9.17, 15) is 13.2 Å². The largest absolute Gasteiger partial charge is 0.322 e. The van der Waals surface area contributed by atoms with E-state index in [1.165, 1.54) is 21.7 Å². The van der Waals surface area contributed by atoms with Gasteiger partial charge in [0.2, 0.25) is 10.0 Å². The van der Waals surface area contributed by atoms with Crippen molar-refractivity contribution in [2.75, 3.05) is 18.4 Å². The molecule has 5 nitrogen and oxygen atoms in total. The van der Waals surface area contributed by atoms with Gasteiger partial charge in [-0.05, 0) is 60.0 Å². The number of thiophene rings is 2. The number of sulfonamides is 1. The highest BCUT2D eigenvalue weighted by Crippen LogP contribution is 2.27. The molecule has 8 heteroatoms. The molecule has 1 aliphatic rings. The molecule has 1 aliphatic heterocycles. The Kier molecular flexibility index (Phi) is 5.96. The summed E-state index contributed by atoms with van der Waals surface area (Å²) < 4.78 is 27.1. The normalized spacial score (nSPS) is 15.5. The fourth-order valence-corrected chi connectivity index (χ4v) is 6.17. The Labute approximate surface area is 178 Å². The molecule has 2 aromatic heterocycles. The van der Waals surface area contributed by atoms with E-state index in [0.717, 1.165) is 22.6 Å². The van der Waals surface area contributed by atoms with Crippen molar-refractivity contribution >= 4 is 55.9 Å². The second-order valence-corrected chi connectivity index (χ2v) is 10.5. The van der Waals surface area contributed by atoms with Crippen LogP contribution in [-0.2, 0) is 14.8 Å². The van der Waals surface area contributed by atoms with Crippen LogP contribution in [0.15, 0.2) is 64.2 Å². The Morgan fingerprint density at radius 2 is 1.76 bits per heavy atom. The predicted molar refractivity (Wildman–Crippen MR) is 120 cm³/mol. The maximum Gasteiger partial charge on any atom is 0.257 e. The molecule has 0 aliphatic carbocycles. The molecule has 1 fully saturated rings. The van der Waals surface area contributed by atoms with Crippen molar-refractivity contribution < 1.29 is 13.2 Å². The summed E-state index contributed by atoms with van der Waals surface area (Å²) in [5.74, 6) is -0.267. The lowest BCUT2D eigenvalue weighted by Crippen LogP contribution is -2.27. The monoisotopic (exact) mass is 444 g/mol. The minimum Gasteiger partial charge on any atom is -0.322 e. The fourth-order valence-electron chi connectivity index (χ4n) is 3.21. The summed E-state index contributed by atoms with van der Waals surface area (Å²) >= 11 is 3.04. The van der Waals surface area contributed by atoms with Gasteiger partial charge < -0.3 is 5.32 Å². The summed E-state index contributed by atoms with van der Waals surface area (Å²) in [5, 5.41) is 6.75. The Morgan fingerprint density at radius 1 is 1.00 bits per heavy atom. The van der Waals surface area contributed by atoms with Gasteiger partial charge in [0, 0.05) is 28.5 Å². The summed E-state index contributed by atoms with van der Waals surface area (Å²) in [6, 6.07) is 14.2. The number of nitrogens with one attached hydrogen (secondary N) is 1. The molecule has 4 rings (SSSR count). The maximum atomic E-state index is 13.0. The van der Waals surface area contributed by atoms with E-state index >= 15 is 0 Å². The second-order valence-electron chi connectivity index (χ2n) is 6.64. The fraction of sp³-hybridized carbons (Fsp3) is 0.190. The van der Waals surface area contributed by atoms with Crippen LogP contribution in [0.1, 0.15) is 22.6 Å². The summed E-state index contributed by atoms with van der Waals surface area (Å²) in [6.07, 6.45) is 3.62. The third kappa shape index (κ3) is 4.51. The van der Waals surface area contributed by atoms with E-state index in [4.69, 9.17) is 0 Å². The minimum atomic E-state index is -3.53. The van der Waals surface area contributed by atoms with E-state index in [1.54, 1.807) is 29.5 Å². The molecule has 3 aromatic rings. The zero-order chi connectivity index (χ0) is 20.3. The minimum absolute atomic E-state index is 0.206. The van der Waals surface area contributed by atoms with Crippen molar-refractivity contribution in [3.05, 3.63) is 69.0 Å². The van der Waals surface area contributed by atoms with Gasteiger partial charge in [-0.3, -0.25) is 4.79 Å². The SMILES string of the molecule is O=C(Nc1cccc(S(=O)(=O)N2CCCC2)c1)/C(=C/c1cccs1)c1cccs1. The van der Waals surface area contributed by atoms with Gasteiger partial charge in [0.15, 0.2) is 0 Å². The average Bonchev–Trinajstić information content (AvgIpc) is 3.50. The Balaban J connectivity index is 1.60. The van der Waals surface area contributed by atoms with Gasteiger partial charge in [-0.25, -0.2) is 8.42 Å². The molecule has 29 heavy (non-hydrogen) atoms. The van der Waals surface area contributed by atoms with Crippen LogP contribution in [-0.4, -0.2) is 31.7 Å². The van der Waals surface area contributed by atoms with Gasteiger partial charge in [-0.1, -0.05) is 18.2 Å². The van der Waals surface area contributed by atoms with Crippen molar-refractivity contribution in [1.82, 2.24) is 4.31 Å². The smallest absolute Gasteiger partial charge is 0.257 e. The quantitative estimate of drug-likeness (QED) is 0.557. The molecule has 1 amide bonds. The van der Waals surface area contributed by atoms with Crippen LogP contribution in [0.25, 0.3) is 11.6 Å². The Hall–Kier alpha value is -2.26. The molecule has 1 N–H and O–H groups in total. The molecular formula is C21H20N2O3S3. The highest BCUT2D eigenvalue weighted by molar-refractivity contribution is 7.89. The van der Waals surface area contributed by atoms with Gasteiger partial charge in [0.1, 0.15) is 0 Å². The number of nitrogens with zero attached hydrogens (tertiary/aromatic N) is 1. The number of amides is 1. The van der Waals surface area contributed by atoms with Crippen LogP contribution in [0.4, 0.5) is 5.69 Å². The van der Waals surface area contributed by atoms with E-state index < -0.39 is 10.0 Å². The van der Waals surface area contributed by atoms with Crippen LogP contribution >= 0.6 is 22.7 Å². The molecule has 0 bridgehead atoms. The molecule has 150 valence electrons. The lowest BCUT2D eigenvalue weighted by molar-refractivity contribution is -0.111. The Bertz CT molecular complexity index is 1110. The summed E-state index contributed by atoms with van der Waals surface area (Å²) in [6.45, 7) is 1.09. The molecule has 3 heterocycles.